The van der Waals surface area contributed by atoms with Gasteiger partial charge < -0.3 is 10.6 Å². The van der Waals surface area contributed by atoms with E-state index in [1.54, 1.807) is 24.4 Å². The normalized spacial score (nSPS) is 11.4. The zero-order valence-electron chi connectivity index (χ0n) is 16.1. The van der Waals surface area contributed by atoms with Gasteiger partial charge in [0.25, 0.3) is 5.91 Å². The van der Waals surface area contributed by atoms with E-state index >= 15 is 0 Å². The fraction of sp³-hybridized carbons (Fsp3) is 0.0500. The van der Waals surface area contributed by atoms with Crippen molar-refractivity contribution < 1.29 is 22.8 Å². The number of nitrogens with two attached hydrogens (primary N) is 1. The Bertz CT molecular complexity index is 1410. The summed E-state index contributed by atoms with van der Waals surface area (Å²) in [4.78, 5) is 42.1. The van der Waals surface area contributed by atoms with Crippen LogP contribution in [0.15, 0.2) is 66.1 Å². The third-order valence-electron chi connectivity index (χ3n) is 4.40. The lowest BCUT2D eigenvalue weighted by Crippen LogP contribution is -2.20. The maximum absolute atomic E-state index is 12.6. The lowest BCUT2D eigenvalue weighted by atomic mass is 10.2. The van der Waals surface area contributed by atoms with E-state index in [0.717, 1.165) is 11.0 Å². The molecular formula is C20H15N5O5S. The second-order valence-electron chi connectivity index (χ2n) is 6.57. The number of primary amides is 1. The van der Waals surface area contributed by atoms with Gasteiger partial charge in [0.15, 0.2) is 15.7 Å². The number of pyridine rings is 1. The fourth-order valence-corrected chi connectivity index (χ4v) is 3.53. The average molecular weight is 437 g/mol. The van der Waals surface area contributed by atoms with Crippen molar-refractivity contribution in [3.63, 3.8) is 0 Å². The Balaban J connectivity index is 1.66. The molecule has 0 fully saturated rings. The average Bonchev–Trinajstić information content (AvgIpc) is 3.12. The molecule has 4 aromatic rings. The molecule has 0 aliphatic carbocycles. The highest BCUT2D eigenvalue weighted by Crippen LogP contribution is 2.24. The highest BCUT2D eigenvalue weighted by Gasteiger charge is 2.19. The smallest absolute Gasteiger partial charge is 0.366 e. The van der Waals surface area contributed by atoms with Gasteiger partial charge in [-0.25, -0.2) is 23.2 Å². The van der Waals surface area contributed by atoms with Crippen LogP contribution in [0.1, 0.15) is 20.7 Å². The molecule has 0 aliphatic heterocycles. The zero-order valence-corrected chi connectivity index (χ0v) is 16.9. The first-order chi connectivity index (χ1) is 14.7. The van der Waals surface area contributed by atoms with Crippen molar-refractivity contribution in [3.8, 4) is 11.5 Å². The van der Waals surface area contributed by atoms with Gasteiger partial charge in [-0.2, -0.15) is 4.73 Å². The number of fused-ring (bicyclic) bond motifs is 1. The van der Waals surface area contributed by atoms with E-state index in [4.69, 9.17) is 10.6 Å². The SMILES string of the molecule is CS(=O)(=O)c1ccc2c(c1)c(C(N)=O)cn2OC(=O)c1cnc(-c2ccccn2)nc1. The van der Waals surface area contributed by atoms with Gasteiger partial charge in [0.2, 0.25) is 0 Å². The third kappa shape index (κ3) is 3.98. The summed E-state index contributed by atoms with van der Waals surface area (Å²) in [5, 5.41) is 0.241. The van der Waals surface area contributed by atoms with Crippen molar-refractivity contribution in [3.05, 3.63) is 72.3 Å². The minimum Gasteiger partial charge on any atom is -0.366 e. The first-order valence-corrected chi connectivity index (χ1v) is 10.7. The molecule has 0 saturated carbocycles. The molecule has 3 heterocycles. The van der Waals surface area contributed by atoms with Crippen LogP contribution in [0.25, 0.3) is 22.4 Å². The van der Waals surface area contributed by atoms with Gasteiger partial charge in [-0.1, -0.05) is 6.07 Å². The van der Waals surface area contributed by atoms with Crippen molar-refractivity contribution in [2.75, 3.05) is 6.26 Å². The summed E-state index contributed by atoms with van der Waals surface area (Å²) in [5.74, 6) is -1.24. The molecule has 156 valence electrons. The largest absolute Gasteiger partial charge is 0.366 e. The van der Waals surface area contributed by atoms with Crippen molar-refractivity contribution in [2.45, 2.75) is 4.90 Å². The molecule has 0 aliphatic rings. The molecule has 4 rings (SSSR count). The standard InChI is InChI=1S/C20H15N5O5S/c1-31(28,29)13-5-6-17-14(8-13)15(18(21)26)11-25(17)30-20(27)12-9-23-19(24-10-12)16-4-2-3-7-22-16/h2-11H,1H3,(H2,21,26). The first-order valence-electron chi connectivity index (χ1n) is 8.85. The number of aromatic nitrogens is 4. The van der Waals surface area contributed by atoms with Gasteiger partial charge >= 0.3 is 5.97 Å². The molecule has 2 N–H and O–H groups in total. The van der Waals surface area contributed by atoms with Crippen LogP contribution in [0.4, 0.5) is 0 Å². The number of rotatable bonds is 5. The van der Waals surface area contributed by atoms with E-state index in [1.807, 2.05) is 0 Å². The van der Waals surface area contributed by atoms with Gasteiger partial charge in [-0.15, -0.1) is 0 Å². The number of benzene rings is 1. The minimum atomic E-state index is -3.51. The molecule has 0 unspecified atom stereocenters. The topological polar surface area (TPSA) is 147 Å². The number of nitrogens with zero attached hydrogens (tertiary/aromatic N) is 4. The number of carbonyl (C=O) groups is 2. The van der Waals surface area contributed by atoms with Crippen LogP contribution < -0.4 is 10.6 Å². The Morgan fingerprint density at radius 1 is 1.06 bits per heavy atom. The van der Waals surface area contributed by atoms with E-state index in [2.05, 4.69) is 15.0 Å². The molecule has 0 spiro atoms. The lowest BCUT2D eigenvalue weighted by molar-refractivity contribution is 0.0480. The molecule has 11 heteroatoms. The number of hydrogen-bond donors (Lipinski definition) is 1. The molecule has 31 heavy (non-hydrogen) atoms. The second-order valence-corrected chi connectivity index (χ2v) is 8.59. The zero-order chi connectivity index (χ0) is 22.2. The Hall–Kier alpha value is -4.12. The molecule has 3 aromatic heterocycles. The maximum Gasteiger partial charge on any atom is 0.366 e. The molecule has 1 aromatic carbocycles. The van der Waals surface area contributed by atoms with Crippen LogP contribution >= 0.6 is 0 Å². The summed E-state index contributed by atoms with van der Waals surface area (Å²) >= 11 is 0. The summed E-state index contributed by atoms with van der Waals surface area (Å²) in [7, 11) is -3.51. The highest BCUT2D eigenvalue weighted by molar-refractivity contribution is 7.90. The van der Waals surface area contributed by atoms with E-state index in [9.17, 15) is 18.0 Å². The van der Waals surface area contributed by atoms with E-state index < -0.39 is 21.7 Å². The molecule has 0 bridgehead atoms. The second kappa shape index (κ2) is 7.61. The third-order valence-corrected chi connectivity index (χ3v) is 5.51. The van der Waals surface area contributed by atoms with Gasteiger partial charge in [-0.3, -0.25) is 9.78 Å². The Morgan fingerprint density at radius 3 is 2.42 bits per heavy atom. The minimum absolute atomic E-state index is 0.00471. The number of carbonyl (C=O) groups excluding carboxylic acids is 2. The van der Waals surface area contributed by atoms with Crippen molar-refractivity contribution in [2.24, 2.45) is 5.73 Å². The molecule has 0 atom stereocenters. The van der Waals surface area contributed by atoms with E-state index in [1.165, 1.54) is 36.8 Å². The quantitative estimate of drug-likeness (QED) is 0.491. The predicted molar refractivity (Wildman–Crippen MR) is 110 cm³/mol. The van der Waals surface area contributed by atoms with Crippen LogP contribution in [-0.4, -0.2) is 46.2 Å². The maximum atomic E-state index is 12.6. The van der Waals surface area contributed by atoms with Gasteiger partial charge in [0, 0.05) is 30.2 Å². The molecule has 0 radical (unpaired) electrons. The monoisotopic (exact) mass is 437 g/mol. The van der Waals surface area contributed by atoms with Crippen molar-refractivity contribution in [1.82, 2.24) is 19.7 Å². The van der Waals surface area contributed by atoms with Gasteiger partial charge in [-0.05, 0) is 30.3 Å². The molecule has 1 amide bonds. The van der Waals surface area contributed by atoms with E-state index in [0.29, 0.717) is 17.0 Å². The van der Waals surface area contributed by atoms with Gasteiger partial charge in [0.05, 0.1) is 27.7 Å². The molecule has 0 saturated heterocycles. The van der Waals surface area contributed by atoms with Crippen molar-refractivity contribution >= 4 is 32.6 Å². The lowest BCUT2D eigenvalue weighted by Gasteiger charge is -2.07. The first kappa shape index (κ1) is 20.2. The summed E-state index contributed by atoms with van der Waals surface area (Å²) in [6.07, 6.45) is 6.46. The Morgan fingerprint density at radius 2 is 1.81 bits per heavy atom. The van der Waals surface area contributed by atoms with E-state index in [-0.39, 0.29) is 21.4 Å². The van der Waals surface area contributed by atoms with Gasteiger partial charge in [0.1, 0.15) is 5.69 Å². The molecular weight excluding hydrogens is 422 g/mol. The number of hydrogen-bond acceptors (Lipinski definition) is 8. The van der Waals surface area contributed by atoms with Crippen molar-refractivity contribution in [1.29, 1.82) is 0 Å². The fourth-order valence-electron chi connectivity index (χ4n) is 2.88. The Kier molecular flexibility index (Phi) is 4.95. The number of sulfone groups is 1. The summed E-state index contributed by atoms with van der Waals surface area (Å²) in [6.45, 7) is 0. The van der Waals surface area contributed by atoms with Crippen LogP contribution in [0, 0.1) is 0 Å². The molecule has 10 nitrogen and oxygen atoms in total. The Labute approximate surface area is 176 Å². The predicted octanol–water partition coefficient (Wildman–Crippen LogP) is 1.26. The number of amides is 1. The summed E-state index contributed by atoms with van der Waals surface area (Å²) < 4.78 is 24.7. The van der Waals surface area contributed by atoms with Crippen LogP contribution in [0.2, 0.25) is 0 Å². The highest BCUT2D eigenvalue weighted by atomic mass is 32.2. The summed E-state index contributed by atoms with van der Waals surface area (Å²) in [5.41, 5.74) is 6.31. The van der Waals surface area contributed by atoms with Crippen LogP contribution in [-0.2, 0) is 9.84 Å². The summed E-state index contributed by atoms with van der Waals surface area (Å²) in [6, 6.07) is 9.35. The van der Waals surface area contributed by atoms with Crippen LogP contribution in [0.5, 0.6) is 0 Å². The van der Waals surface area contributed by atoms with Crippen LogP contribution in [0.3, 0.4) is 0 Å².